The maximum absolute atomic E-state index is 10.3. The van der Waals surface area contributed by atoms with Gasteiger partial charge in [0.1, 0.15) is 6.10 Å². The molecule has 1 aliphatic carbocycles. The second-order valence-corrected chi connectivity index (χ2v) is 4.08. The van der Waals surface area contributed by atoms with Crippen LogP contribution in [0.25, 0.3) is 0 Å². The van der Waals surface area contributed by atoms with E-state index in [1.54, 1.807) is 0 Å². The van der Waals surface area contributed by atoms with Gasteiger partial charge in [-0.3, -0.25) is 4.79 Å². The Morgan fingerprint density at radius 2 is 2.53 bits per heavy atom. The van der Waals surface area contributed by atoms with Crippen LogP contribution in [0.2, 0.25) is 0 Å². The fourth-order valence-electron chi connectivity index (χ4n) is 2.03. The Bertz CT molecular complexity index is 285. The summed E-state index contributed by atoms with van der Waals surface area (Å²) >= 11 is 5.73. The highest BCUT2D eigenvalue weighted by Gasteiger charge is 2.34. The molecule has 0 saturated heterocycles. The second kappa shape index (κ2) is 5.77. The molecule has 15 heavy (non-hydrogen) atoms. The maximum Gasteiger partial charge on any atom is 0.293 e. The van der Waals surface area contributed by atoms with E-state index >= 15 is 0 Å². The molecule has 0 N–H and O–H groups in total. The summed E-state index contributed by atoms with van der Waals surface area (Å²) < 4.78 is 4.91. The molecule has 0 aliphatic heterocycles. The van der Waals surface area contributed by atoms with E-state index in [4.69, 9.17) is 21.6 Å². The Morgan fingerprint density at radius 1 is 1.80 bits per heavy atom. The van der Waals surface area contributed by atoms with Crippen LogP contribution in [0.3, 0.4) is 0 Å². The van der Waals surface area contributed by atoms with Crippen LogP contribution in [0.4, 0.5) is 0 Å². The van der Waals surface area contributed by atoms with Crippen molar-refractivity contribution in [3.8, 4) is 6.07 Å². The van der Waals surface area contributed by atoms with Crippen molar-refractivity contribution in [2.24, 2.45) is 17.8 Å². The smallest absolute Gasteiger partial charge is 0.293 e. The Balaban J connectivity index is 2.78. The lowest BCUT2D eigenvalue weighted by Gasteiger charge is -2.32. The van der Waals surface area contributed by atoms with Crippen LogP contribution in [0.1, 0.15) is 13.3 Å². The van der Waals surface area contributed by atoms with Crippen LogP contribution in [-0.4, -0.2) is 18.5 Å². The van der Waals surface area contributed by atoms with Crippen molar-refractivity contribution in [1.29, 1.82) is 5.26 Å². The summed E-state index contributed by atoms with van der Waals surface area (Å²) in [6, 6.07) is 2.27. The molecule has 0 amide bonds. The lowest BCUT2D eigenvalue weighted by Crippen LogP contribution is -2.35. The molecule has 0 fully saturated rings. The third-order valence-electron chi connectivity index (χ3n) is 2.88. The number of rotatable bonds is 4. The van der Waals surface area contributed by atoms with Gasteiger partial charge in [-0.1, -0.05) is 19.1 Å². The van der Waals surface area contributed by atoms with Crippen LogP contribution in [0.15, 0.2) is 12.2 Å². The summed E-state index contributed by atoms with van der Waals surface area (Å²) in [5.41, 5.74) is 0. The summed E-state index contributed by atoms with van der Waals surface area (Å²) in [5.74, 6) is 0.313. The molecule has 0 radical (unpaired) electrons. The first-order chi connectivity index (χ1) is 7.24. The fraction of sp³-hybridized carbons (Fsp3) is 0.636. The lowest BCUT2D eigenvalue weighted by molar-refractivity contribution is -0.135. The van der Waals surface area contributed by atoms with E-state index in [-0.39, 0.29) is 29.7 Å². The van der Waals surface area contributed by atoms with Crippen LogP contribution in [0, 0.1) is 29.1 Å². The van der Waals surface area contributed by atoms with Crippen molar-refractivity contribution in [2.75, 3.05) is 5.88 Å². The van der Waals surface area contributed by atoms with Gasteiger partial charge in [-0.25, -0.2) is 0 Å². The topological polar surface area (TPSA) is 50.1 Å². The van der Waals surface area contributed by atoms with Crippen molar-refractivity contribution >= 4 is 18.1 Å². The molecule has 0 unspecified atom stereocenters. The van der Waals surface area contributed by atoms with Gasteiger partial charge in [-0.2, -0.15) is 5.26 Å². The van der Waals surface area contributed by atoms with Gasteiger partial charge in [-0.05, 0) is 12.3 Å². The summed E-state index contributed by atoms with van der Waals surface area (Å²) in [6.45, 7) is 2.40. The minimum absolute atomic E-state index is 0.0118. The zero-order valence-corrected chi connectivity index (χ0v) is 9.35. The minimum Gasteiger partial charge on any atom is -0.463 e. The molecule has 4 atom stereocenters. The first-order valence-electron chi connectivity index (χ1n) is 4.96. The van der Waals surface area contributed by atoms with Gasteiger partial charge in [0.25, 0.3) is 6.47 Å². The van der Waals surface area contributed by atoms with Crippen LogP contribution in [0.5, 0.6) is 0 Å². The quantitative estimate of drug-likeness (QED) is 0.420. The number of hydrogen-bond donors (Lipinski definition) is 0. The number of halogens is 1. The van der Waals surface area contributed by atoms with Gasteiger partial charge < -0.3 is 4.74 Å². The van der Waals surface area contributed by atoms with E-state index < -0.39 is 0 Å². The first-order valence-corrected chi connectivity index (χ1v) is 5.49. The normalized spacial score (nSPS) is 31.7. The minimum atomic E-state index is -0.360. The summed E-state index contributed by atoms with van der Waals surface area (Å²) in [6.07, 6.45) is 4.43. The number of alkyl halides is 1. The molecule has 0 aromatic carbocycles. The predicted octanol–water partition coefficient (Wildman–Crippen LogP) is 2.12. The Hall–Kier alpha value is -1.01. The lowest BCUT2D eigenvalue weighted by atomic mass is 9.75. The van der Waals surface area contributed by atoms with Gasteiger partial charge in [0.15, 0.2) is 0 Å². The Morgan fingerprint density at radius 3 is 3.07 bits per heavy atom. The number of carbonyl (C=O) groups excluding carboxylic acids is 1. The maximum atomic E-state index is 10.3. The third kappa shape index (κ3) is 2.73. The van der Waals surface area contributed by atoms with Crippen molar-refractivity contribution < 1.29 is 9.53 Å². The van der Waals surface area contributed by atoms with Crippen LogP contribution < -0.4 is 0 Å². The molecular weight excluding hydrogens is 214 g/mol. The summed E-state index contributed by atoms with van der Waals surface area (Å²) in [7, 11) is 0. The average Bonchev–Trinajstić information content (AvgIpc) is 2.25. The van der Waals surface area contributed by atoms with Crippen LogP contribution >= 0.6 is 11.6 Å². The zero-order valence-electron chi connectivity index (χ0n) is 8.60. The predicted molar refractivity (Wildman–Crippen MR) is 57.2 cm³/mol. The molecule has 0 saturated carbocycles. The number of carbonyl (C=O) groups is 1. The number of nitrogens with zero attached hydrogens (tertiary/aromatic N) is 1. The molecule has 4 heteroatoms. The zero-order chi connectivity index (χ0) is 11.3. The number of hydrogen-bond acceptors (Lipinski definition) is 3. The second-order valence-electron chi connectivity index (χ2n) is 3.77. The molecule has 3 nitrogen and oxygen atoms in total. The van der Waals surface area contributed by atoms with Gasteiger partial charge in [-0.15, -0.1) is 11.6 Å². The monoisotopic (exact) mass is 227 g/mol. The molecule has 0 heterocycles. The molecule has 0 bridgehead atoms. The summed E-state index contributed by atoms with van der Waals surface area (Å²) in [4.78, 5) is 10.3. The van der Waals surface area contributed by atoms with E-state index in [2.05, 4.69) is 6.07 Å². The van der Waals surface area contributed by atoms with E-state index in [0.29, 0.717) is 6.47 Å². The summed E-state index contributed by atoms with van der Waals surface area (Å²) in [5, 5.41) is 9.07. The first kappa shape index (κ1) is 12.1. The van der Waals surface area contributed by atoms with Gasteiger partial charge in [0.2, 0.25) is 0 Å². The highest BCUT2D eigenvalue weighted by molar-refractivity contribution is 6.18. The number of ether oxygens (including phenoxy) is 1. The molecule has 1 rings (SSSR count). The molecule has 0 aromatic rings. The van der Waals surface area contributed by atoms with Crippen molar-refractivity contribution in [3.05, 3.63) is 12.2 Å². The highest BCUT2D eigenvalue weighted by atomic mass is 35.5. The van der Waals surface area contributed by atoms with Gasteiger partial charge in [0, 0.05) is 5.92 Å². The van der Waals surface area contributed by atoms with Crippen molar-refractivity contribution in [3.63, 3.8) is 0 Å². The van der Waals surface area contributed by atoms with Gasteiger partial charge >= 0.3 is 0 Å². The Kier molecular flexibility index (Phi) is 4.64. The van der Waals surface area contributed by atoms with E-state index in [0.717, 1.165) is 6.42 Å². The number of allylic oxidation sites excluding steroid dienone is 2. The average molecular weight is 228 g/mol. The van der Waals surface area contributed by atoms with E-state index in [1.165, 1.54) is 0 Å². The van der Waals surface area contributed by atoms with Crippen molar-refractivity contribution in [2.45, 2.75) is 19.4 Å². The molecule has 0 aromatic heterocycles. The molecule has 0 spiro atoms. The Labute approximate surface area is 94.7 Å². The SMILES string of the molecule is C[C@@H]1C=CC[C@H]([C@@H](CCl)OC=O)[C@@H]1C#N. The van der Waals surface area contributed by atoms with Gasteiger partial charge in [0.05, 0.1) is 17.9 Å². The third-order valence-corrected chi connectivity index (χ3v) is 3.19. The largest absolute Gasteiger partial charge is 0.463 e. The van der Waals surface area contributed by atoms with E-state index in [9.17, 15) is 4.79 Å². The van der Waals surface area contributed by atoms with Crippen LogP contribution in [-0.2, 0) is 9.53 Å². The fourth-order valence-corrected chi connectivity index (χ4v) is 2.33. The molecule has 82 valence electrons. The van der Waals surface area contributed by atoms with E-state index in [1.807, 2.05) is 19.1 Å². The molecular formula is C11H14ClNO2. The van der Waals surface area contributed by atoms with Crippen molar-refractivity contribution in [1.82, 2.24) is 0 Å². The molecule has 1 aliphatic rings. The standard InChI is InChI=1S/C11H14ClNO2/c1-8-3-2-4-9(10(8)6-13)11(5-12)15-7-14/h2-3,7-11H,4-5H2,1H3/t8-,9+,10-,11-/m1/s1. The number of nitriles is 1. The highest BCUT2D eigenvalue weighted by Crippen LogP contribution is 2.33.